The van der Waals surface area contributed by atoms with Gasteiger partial charge in [0.25, 0.3) is 0 Å². The van der Waals surface area contributed by atoms with Gasteiger partial charge in [-0.25, -0.2) is 4.79 Å². The Morgan fingerprint density at radius 3 is 2.43 bits per heavy atom. The Hall–Kier alpha value is -1.67. The largest absolute Gasteiger partial charge is 0.480 e. The molecular formula is C13H23NO7. The third-order valence-corrected chi connectivity index (χ3v) is 2.58. The second-order valence-corrected chi connectivity index (χ2v) is 4.39. The molecule has 2 N–H and O–H groups in total. The molecule has 0 aromatic carbocycles. The van der Waals surface area contributed by atoms with Crippen LogP contribution in [-0.2, 0) is 28.6 Å². The molecular weight excluding hydrogens is 282 g/mol. The number of rotatable bonds is 11. The lowest BCUT2D eigenvalue weighted by Gasteiger charge is -2.18. The van der Waals surface area contributed by atoms with Crippen LogP contribution in [0.1, 0.15) is 20.3 Å². The van der Waals surface area contributed by atoms with E-state index in [1.807, 2.05) is 0 Å². The van der Waals surface area contributed by atoms with E-state index in [9.17, 15) is 14.4 Å². The van der Waals surface area contributed by atoms with Gasteiger partial charge in [-0.1, -0.05) is 6.92 Å². The molecule has 2 atom stereocenters. The molecule has 0 aromatic rings. The van der Waals surface area contributed by atoms with Crippen LogP contribution in [0.3, 0.4) is 0 Å². The van der Waals surface area contributed by atoms with Crippen molar-refractivity contribution < 1.29 is 33.7 Å². The first-order chi connectivity index (χ1) is 9.92. The Kier molecular flexibility index (Phi) is 10.2. The van der Waals surface area contributed by atoms with E-state index in [1.54, 1.807) is 13.8 Å². The number of carbonyl (C=O) groups excluding carboxylic acids is 2. The van der Waals surface area contributed by atoms with Gasteiger partial charge in [0.1, 0.15) is 12.6 Å². The summed E-state index contributed by atoms with van der Waals surface area (Å²) < 4.78 is 14.5. The van der Waals surface area contributed by atoms with Crippen molar-refractivity contribution in [2.75, 3.05) is 33.5 Å². The summed E-state index contributed by atoms with van der Waals surface area (Å²) in [4.78, 5) is 34.1. The number of nitrogens with one attached hydrogen (secondary N) is 1. The van der Waals surface area contributed by atoms with Crippen LogP contribution < -0.4 is 5.32 Å². The van der Waals surface area contributed by atoms with Crippen molar-refractivity contribution in [2.24, 2.45) is 5.92 Å². The van der Waals surface area contributed by atoms with Gasteiger partial charge < -0.3 is 24.6 Å². The highest BCUT2D eigenvalue weighted by molar-refractivity contribution is 5.84. The summed E-state index contributed by atoms with van der Waals surface area (Å²) in [6.45, 7) is 3.76. The van der Waals surface area contributed by atoms with Crippen LogP contribution in [0.15, 0.2) is 0 Å². The molecule has 0 radical (unpaired) electrons. The Balaban J connectivity index is 4.26. The Morgan fingerprint density at radius 1 is 1.24 bits per heavy atom. The van der Waals surface area contributed by atoms with Gasteiger partial charge in [-0.15, -0.1) is 0 Å². The maximum atomic E-state index is 11.5. The number of methoxy groups -OCH3 is 1. The number of carboxylic acids is 1. The Bertz CT molecular complexity index is 345. The number of aliphatic carboxylic acids is 1. The van der Waals surface area contributed by atoms with E-state index in [0.717, 1.165) is 0 Å². The van der Waals surface area contributed by atoms with Gasteiger partial charge in [0, 0.05) is 7.11 Å². The highest BCUT2D eigenvalue weighted by Crippen LogP contribution is 2.09. The van der Waals surface area contributed by atoms with Crippen molar-refractivity contribution in [3.8, 4) is 0 Å². The van der Waals surface area contributed by atoms with Crippen LogP contribution in [0.5, 0.6) is 0 Å². The average molecular weight is 305 g/mol. The summed E-state index contributed by atoms with van der Waals surface area (Å²) in [5.41, 5.74) is 0. The summed E-state index contributed by atoms with van der Waals surface area (Å²) in [7, 11) is 1.50. The van der Waals surface area contributed by atoms with Gasteiger partial charge in [-0.05, 0) is 13.3 Å². The predicted octanol–water partition coefficient (Wildman–Crippen LogP) is -0.192. The maximum Gasteiger partial charge on any atom is 0.326 e. The fourth-order valence-electron chi connectivity index (χ4n) is 1.50. The number of amides is 1. The molecule has 8 heteroatoms. The number of ether oxygens (including phenoxy) is 3. The van der Waals surface area contributed by atoms with Crippen molar-refractivity contribution in [1.29, 1.82) is 0 Å². The van der Waals surface area contributed by atoms with E-state index < -0.39 is 29.8 Å². The fourth-order valence-corrected chi connectivity index (χ4v) is 1.50. The number of esters is 1. The van der Waals surface area contributed by atoms with Crippen molar-refractivity contribution >= 4 is 17.8 Å². The van der Waals surface area contributed by atoms with Crippen LogP contribution in [0, 0.1) is 5.92 Å². The third-order valence-electron chi connectivity index (χ3n) is 2.58. The van der Waals surface area contributed by atoms with Gasteiger partial charge >= 0.3 is 11.9 Å². The smallest absolute Gasteiger partial charge is 0.326 e. The lowest BCUT2D eigenvalue weighted by Crippen LogP contribution is -2.44. The molecule has 0 aliphatic rings. The van der Waals surface area contributed by atoms with Gasteiger partial charge in [0.2, 0.25) is 5.91 Å². The second kappa shape index (κ2) is 11.0. The second-order valence-electron chi connectivity index (χ2n) is 4.39. The molecule has 0 saturated carbocycles. The monoisotopic (exact) mass is 305 g/mol. The molecule has 0 rings (SSSR count). The molecule has 0 saturated heterocycles. The number of hydrogen-bond acceptors (Lipinski definition) is 6. The normalized spacial score (nSPS) is 13.3. The molecule has 0 bridgehead atoms. The molecule has 0 aliphatic heterocycles. The first kappa shape index (κ1) is 19.3. The topological polar surface area (TPSA) is 111 Å². The minimum atomic E-state index is -1.21. The van der Waals surface area contributed by atoms with E-state index in [4.69, 9.17) is 19.3 Å². The van der Waals surface area contributed by atoms with E-state index in [0.29, 0.717) is 6.61 Å². The molecule has 0 unspecified atom stereocenters. The summed E-state index contributed by atoms with van der Waals surface area (Å²) in [6.07, 6.45) is -0.0437. The van der Waals surface area contributed by atoms with Crippen molar-refractivity contribution in [2.45, 2.75) is 26.3 Å². The fraction of sp³-hybridized carbons (Fsp3) is 0.769. The van der Waals surface area contributed by atoms with E-state index in [-0.39, 0.29) is 26.2 Å². The van der Waals surface area contributed by atoms with Gasteiger partial charge in [0.15, 0.2) is 0 Å². The minimum absolute atomic E-state index is 0.0437. The molecule has 122 valence electrons. The molecule has 0 spiro atoms. The SMILES string of the molecule is CCOC(=O)[C@H](C)C[C@@H](NC(=O)COCCOC)C(=O)O. The summed E-state index contributed by atoms with van der Waals surface area (Å²) >= 11 is 0. The van der Waals surface area contributed by atoms with Crippen molar-refractivity contribution in [1.82, 2.24) is 5.32 Å². The van der Waals surface area contributed by atoms with E-state index >= 15 is 0 Å². The van der Waals surface area contributed by atoms with Gasteiger partial charge in [0.05, 0.1) is 25.7 Å². The van der Waals surface area contributed by atoms with Crippen LogP contribution in [0.2, 0.25) is 0 Å². The summed E-state index contributed by atoms with van der Waals surface area (Å²) in [6, 6.07) is -1.16. The molecule has 0 heterocycles. The van der Waals surface area contributed by atoms with Crippen LogP contribution in [0.4, 0.5) is 0 Å². The van der Waals surface area contributed by atoms with Gasteiger partial charge in [-0.2, -0.15) is 0 Å². The lowest BCUT2D eigenvalue weighted by molar-refractivity contribution is -0.149. The zero-order chi connectivity index (χ0) is 16.3. The van der Waals surface area contributed by atoms with Crippen molar-refractivity contribution in [3.63, 3.8) is 0 Å². The first-order valence-corrected chi connectivity index (χ1v) is 6.67. The van der Waals surface area contributed by atoms with Crippen LogP contribution >= 0.6 is 0 Å². The minimum Gasteiger partial charge on any atom is -0.480 e. The summed E-state index contributed by atoms with van der Waals surface area (Å²) in [5, 5.41) is 11.4. The first-order valence-electron chi connectivity index (χ1n) is 6.67. The average Bonchev–Trinajstić information content (AvgIpc) is 2.42. The molecule has 8 nitrogen and oxygen atoms in total. The Morgan fingerprint density at radius 2 is 1.90 bits per heavy atom. The lowest BCUT2D eigenvalue weighted by atomic mass is 10.0. The molecule has 0 fully saturated rings. The molecule has 0 aliphatic carbocycles. The maximum absolute atomic E-state index is 11.5. The van der Waals surface area contributed by atoms with E-state index in [2.05, 4.69) is 5.32 Å². The predicted molar refractivity (Wildman–Crippen MR) is 72.7 cm³/mol. The summed E-state index contributed by atoms with van der Waals surface area (Å²) in [5.74, 6) is -2.89. The highest BCUT2D eigenvalue weighted by Gasteiger charge is 2.26. The highest BCUT2D eigenvalue weighted by atomic mass is 16.5. The van der Waals surface area contributed by atoms with Gasteiger partial charge in [-0.3, -0.25) is 9.59 Å². The Labute approximate surface area is 123 Å². The number of carbonyl (C=O) groups is 3. The van der Waals surface area contributed by atoms with Crippen molar-refractivity contribution in [3.05, 3.63) is 0 Å². The molecule has 1 amide bonds. The zero-order valence-electron chi connectivity index (χ0n) is 12.6. The van der Waals surface area contributed by atoms with E-state index in [1.165, 1.54) is 7.11 Å². The number of carboxylic acid groups (broad SMARTS) is 1. The quantitative estimate of drug-likeness (QED) is 0.402. The van der Waals surface area contributed by atoms with Crippen LogP contribution in [-0.4, -0.2) is 62.5 Å². The molecule has 0 aromatic heterocycles. The third kappa shape index (κ3) is 8.98. The van der Waals surface area contributed by atoms with Crippen LogP contribution in [0.25, 0.3) is 0 Å². The number of hydrogen-bond donors (Lipinski definition) is 2. The standard InChI is InChI=1S/C13H23NO7/c1-4-21-13(18)9(2)7-10(12(16)17)14-11(15)8-20-6-5-19-3/h9-10H,4-8H2,1-3H3,(H,14,15)(H,16,17)/t9-,10-/m1/s1. The molecule has 21 heavy (non-hydrogen) atoms. The zero-order valence-corrected chi connectivity index (χ0v) is 12.6.